The summed E-state index contributed by atoms with van der Waals surface area (Å²) >= 11 is 0. The van der Waals surface area contributed by atoms with Gasteiger partial charge in [0.25, 0.3) is 5.89 Å². The third-order valence-corrected chi connectivity index (χ3v) is 2.71. The summed E-state index contributed by atoms with van der Waals surface area (Å²) in [5.74, 6) is 0.590. The molecule has 1 atom stereocenters. The van der Waals surface area contributed by atoms with Crippen molar-refractivity contribution in [2.24, 2.45) is 11.1 Å². The fourth-order valence-corrected chi connectivity index (χ4v) is 1.44. The molecule has 0 aliphatic carbocycles. The normalized spacial score (nSPS) is 13.6. The average molecular weight is 248 g/mol. The van der Waals surface area contributed by atoms with Crippen molar-refractivity contribution in [1.82, 2.24) is 15.1 Å². The van der Waals surface area contributed by atoms with Crippen LogP contribution < -0.4 is 11.2 Å². The average Bonchev–Trinajstić information content (AvgIpc) is 2.76. The van der Waals surface area contributed by atoms with Crippen LogP contribution in [0.15, 0.2) is 27.8 Å². The Kier molecular flexibility index (Phi) is 3.04. The van der Waals surface area contributed by atoms with Crippen LogP contribution in [0, 0.1) is 5.41 Å². The second kappa shape index (κ2) is 4.38. The standard InChI is InChI=1S/C12H16N4O2/c1-12(2,3)9(13)10-15-11(18-16-10)7-6-14-5-4-8(7)17/h4-6,9H,13H2,1-3H3,(H,14,17). The number of hydrogen-bond acceptors (Lipinski definition) is 5. The van der Waals surface area contributed by atoms with Gasteiger partial charge in [-0.05, 0) is 5.41 Å². The molecule has 2 aromatic rings. The van der Waals surface area contributed by atoms with E-state index >= 15 is 0 Å². The van der Waals surface area contributed by atoms with E-state index in [1.807, 2.05) is 20.8 Å². The summed E-state index contributed by atoms with van der Waals surface area (Å²) in [4.78, 5) is 18.6. The summed E-state index contributed by atoms with van der Waals surface area (Å²) in [5, 5.41) is 3.84. The summed E-state index contributed by atoms with van der Waals surface area (Å²) < 4.78 is 5.09. The lowest BCUT2D eigenvalue weighted by Crippen LogP contribution is -2.27. The van der Waals surface area contributed by atoms with Crippen LogP contribution in [-0.4, -0.2) is 15.1 Å². The Labute approximate surface area is 104 Å². The van der Waals surface area contributed by atoms with Crippen molar-refractivity contribution in [1.29, 1.82) is 0 Å². The topological polar surface area (TPSA) is 97.8 Å². The number of nitrogens with two attached hydrogens (primary N) is 1. The molecular formula is C12H16N4O2. The van der Waals surface area contributed by atoms with Crippen molar-refractivity contribution in [3.8, 4) is 11.5 Å². The highest BCUT2D eigenvalue weighted by Gasteiger charge is 2.27. The van der Waals surface area contributed by atoms with Crippen LogP contribution in [0.3, 0.4) is 0 Å². The Hall–Kier alpha value is -1.95. The second-order valence-electron chi connectivity index (χ2n) is 5.22. The van der Waals surface area contributed by atoms with E-state index in [0.717, 1.165) is 0 Å². The lowest BCUT2D eigenvalue weighted by atomic mass is 9.87. The fraction of sp³-hybridized carbons (Fsp3) is 0.417. The Bertz CT molecular complexity index is 594. The van der Waals surface area contributed by atoms with Gasteiger partial charge in [-0.3, -0.25) is 4.79 Å². The van der Waals surface area contributed by atoms with E-state index in [9.17, 15) is 4.79 Å². The van der Waals surface area contributed by atoms with Gasteiger partial charge in [-0.15, -0.1) is 0 Å². The van der Waals surface area contributed by atoms with Crippen LogP contribution in [0.5, 0.6) is 0 Å². The maximum absolute atomic E-state index is 11.6. The molecule has 6 nitrogen and oxygen atoms in total. The lowest BCUT2D eigenvalue weighted by Gasteiger charge is -2.23. The van der Waals surface area contributed by atoms with Gasteiger partial charge in [0.15, 0.2) is 11.3 Å². The van der Waals surface area contributed by atoms with Crippen molar-refractivity contribution in [3.05, 3.63) is 34.5 Å². The molecular weight excluding hydrogens is 232 g/mol. The van der Waals surface area contributed by atoms with E-state index in [4.69, 9.17) is 10.3 Å². The number of aromatic nitrogens is 3. The fourth-order valence-electron chi connectivity index (χ4n) is 1.44. The highest BCUT2D eigenvalue weighted by atomic mass is 16.5. The molecule has 0 aromatic carbocycles. The first-order valence-electron chi connectivity index (χ1n) is 5.66. The predicted molar refractivity (Wildman–Crippen MR) is 66.7 cm³/mol. The van der Waals surface area contributed by atoms with Gasteiger partial charge in [0.05, 0.1) is 6.04 Å². The van der Waals surface area contributed by atoms with Gasteiger partial charge >= 0.3 is 0 Å². The molecule has 3 N–H and O–H groups in total. The largest absolute Gasteiger partial charge is 0.367 e. The van der Waals surface area contributed by atoms with Crippen molar-refractivity contribution in [2.45, 2.75) is 26.8 Å². The third kappa shape index (κ3) is 2.33. The number of H-pyrrole nitrogens is 1. The summed E-state index contributed by atoms with van der Waals surface area (Å²) in [6.07, 6.45) is 3.08. The van der Waals surface area contributed by atoms with Crippen LogP contribution in [0.25, 0.3) is 11.5 Å². The van der Waals surface area contributed by atoms with Crippen molar-refractivity contribution >= 4 is 0 Å². The monoisotopic (exact) mass is 248 g/mol. The number of rotatable bonds is 2. The lowest BCUT2D eigenvalue weighted by molar-refractivity contribution is 0.303. The van der Waals surface area contributed by atoms with Crippen LogP contribution in [0.2, 0.25) is 0 Å². The zero-order chi connectivity index (χ0) is 13.3. The maximum Gasteiger partial charge on any atom is 0.263 e. The molecule has 18 heavy (non-hydrogen) atoms. The maximum atomic E-state index is 11.6. The third-order valence-electron chi connectivity index (χ3n) is 2.71. The van der Waals surface area contributed by atoms with Crippen LogP contribution in [-0.2, 0) is 0 Å². The molecule has 0 saturated heterocycles. The van der Waals surface area contributed by atoms with E-state index in [2.05, 4.69) is 15.1 Å². The molecule has 0 bridgehead atoms. The molecule has 0 saturated carbocycles. The van der Waals surface area contributed by atoms with E-state index in [1.165, 1.54) is 12.3 Å². The van der Waals surface area contributed by atoms with Gasteiger partial charge < -0.3 is 15.2 Å². The first kappa shape index (κ1) is 12.5. The number of nitrogens with zero attached hydrogens (tertiary/aromatic N) is 2. The molecule has 6 heteroatoms. The highest BCUT2D eigenvalue weighted by molar-refractivity contribution is 5.50. The first-order valence-corrected chi connectivity index (χ1v) is 5.66. The Morgan fingerprint density at radius 1 is 1.44 bits per heavy atom. The molecule has 0 fully saturated rings. The predicted octanol–water partition coefficient (Wildman–Crippen LogP) is 1.47. The number of nitrogens with one attached hydrogen (secondary N) is 1. The Morgan fingerprint density at radius 2 is 2.17 bits per heavy atom. The van der Waals surface area contributed by atoms with Gasteiger partial charge in [-0.1, -0.05) is 25.9 Å². The molecule has 96 valence electrons. The molecule has 2 heterocycles. The van der Waals surface area contributed by atoms with Gasteiger partial charge in [-0.25, -0.2) is 0 Å². The van der Waals surface area contributed by atoms with E-state index in [1.54, 1.807) is 6.20 Å². The zero-order valence-electron chi connectivity index (χ0n) is 10.6. The molecule has 0 radical (unpaired) electrons. The highest BCUT2D eigenvalue weighted by Crippen LogP contribution is 2.29. The van der Waals surface area contributed by atoms with Crippen LogP contribution >= 0.6 is 0 Å². The Morgan fingerprint density at radius 3 is 2.78 bits per heavy atom. The van der Waals surface area contributed by atoms with E-state index < -0.39 is 0 Å². The van der Waals surface area contributed by atoms with Gasteiger partial charge in [0.2, 0.25) is 0 Å². The smallest absolute Gasteiger partial charge is 0.263 e. The summed E-state index contributed by atoms with van der Waals surface area (Å²) in [6.45, 7) is 5.97. The van der Waals surface area contributed by atoms with E-state index in [0.29, 0.717) is 11.4 Å². The Balaban J connectivity index is 2.38. The van der Waals surface area contributed by atoms with Gasteiger partial charge in [0.1, 0.15) is 5.56 Å². The number of pyridine rings is 1. The summed E-state index contributed by atoms with van der Waals surface area (Å²) in [7, 11) is 0. The summed E-state index contributed by atoms with van der Waals surface area (Å²) in [5.41, 5.74) is 6.03. The first-order chi connectivity index (χ1) is 8.39. The molecule has 0 aliphatic rings. The van der Waals surface area contributed by atoms with Crippen LogP contribution in [0.1, 0.15) is 32.6 Å². The minimum Gasteiger partial charge on any atom is -0.367 e. The minimum atomic E-state index is -0.349. The summed E-state index contributed by atoms with van der Waals surface area (Å²) in [6, 6.07) is 1.06. The molecule has 1 unspecified atom stereocenters. The molecule has 2 rings (SSSR count). The quantitative estimate of drug-likeness (QED) is 0.838. The van der Waals surface area contributed by atoms with E-state index in [-0.39, 0.29) is 22.8 Å². The van der Waals surface area contributed by atoms with Gasteiger partial charge in [-0.2, -0.15) is 4.98 Å². The van der Waals surface area contributed by atoms with Crippen molar-refractivity contribution in [3.63, 3.8) is 0 Å². The molecule has 0 amide bonds. The van der Waals surface area contributed by atoms with Crippen molar-refractivity contribution < 1.29 is 4.52 Å². The molecule has 0 aliphatic heterocycles. The zero-order valence-corrected chi connectivity index (χ0v) is 10.6. The van der Waals surface area contributed by atoms with Crippen LogP contribution in [0.4, 0.5) is 0 Å². The number of aromatic amines is 1. The SMILES string of the molecule is CC(C)(C)C(N)c1noc(-c2c[nH]ccc2=O)n1. The molecule has 2 aromatic heterocycles. The number of hydrogen-bond donors (Lipinski definition) is 2. The van der Waals surface area contributed by atoms with Gasteiger partial charge in [0, 0.05) is 18.5 Å². The van der Waals surface area contributed by atoms with Crippen molar-refractivity contribution in [2.75, 3.05) is 0 Å². The minimum absolute atomic E-state index is 0.173. The second-order valence-corrected chi connectivity index (χ2v) is 5.22. The molecule has 0 spiro atoms.